The topological polar surface area (TPSA) is 85.3 Å². The molecule has 176 valence electrons. The van der Waals surface area contributed by atoms with Crippen molar-refractivity contribution in [2.75, 3.05) is 34.0 Å². The van der Waals surface area contributed by atoms with Gasteiger partial charge in [0.05, 0.1) is 25.3 Å². The molecule has 0 bridgehead atoms. The van der Waals surface area contributed by atoms with Gasteiger partial charge in [-0.1, -0.05) is 32.0 Å². The van der Waals surface area contributed by atoms with Crippen LogP contribution in [0.2, 0.25) is 0 Å². The van der Waals surface area contributed by atoms with Gasteiger partial charge in [0.2, 0.25) is 0 Å². The van der Waals surface area contributed by atoms with Crippen molar-refractivity contribution >= 4 is 17.4 Å². The average Bonchev–Trinajstić information content (AvgIpc) is 3.07. The summed E-state index contributed by atoms with van der Waals surface area (Å²) in [6, 6.07) is 13.3. The van der Waals surface area contributed by atoms with Gasteiger partial charge >= 0.3 is 0 Å². The molecule has 1 aliphatic rings. The molecular weight excluding hydrogens is 422 g/mol. The Balaban J connectivity index is 2.05. The minimum atomic E-state index is -0.769. The molecule has 33 heavy (non-hydrogen) atoms. The lowest BCUT2D eigenvalue weighted by molar-refractivity contribution is -0.140. The summed E-state index contributed by atoms with van der Waals surface area (Å²) >= 11 is 0. The molecular formula is C26H31NO6. The van der Waals surface area contributed by atoms with E-state index < -0.39 is 17.7 Å². The van der Waals surface area contributed by atoms with Gasteiger partial charge in [0.1, 0.15) is 17.3 Å². The van der Waals surface area contributed by atoms with E-state index in [-0.39, 0.29) is 11.3 Å². The number of nitrogens with zero attached hydrogens (tertiary/aromatic N) is 1. The predicted octanol–water partition coefficient (Wildman–Crippen LogP) is 4.19. The highest BCUT2D eigenvalue weighted by Crippen LogP contribution is 2.42. The van der Waals surface area contributed by atoms with E-state index in [1.807, 2.05) is 12.1 Å². The maximum Gasteiger partial charge on any atom is 0.295 e. The molecule has 1 atom stereocenters. The second kappa shape index (κ2) is 11.0. The van der Waals surface area contributed by atoms with Crippen LogP contribution >= 0.6 is 0 Å². The summed E-state index contributed by atoms with van der Waals surface area (Å²) in [5.41, 5.74) is 1.11. The molecule has 2 aromatic rings. The first-order valence-corrected chi connectivity index (χ1v) is 11.0. The first kappa shape index (κ1) is 24.3. The molecule has 0 spiro atoms. The molecule has 0 aliphatic carbocycles. The van der Waals surface area contributed by atoms with E-state index in [0.717, 1.165) is 0 Å². The summed E-state index contributed by atoms with van der Waals surface area (Å²) in [6.45, 7) is 5.44. The summed E-state index contributed by atoms with van der Waals surface area (Å²) in [5, 5.41) is 11.2. The SMILES string of the molecule is COCCCN1C(=O)C(=O)C(=C(O)c2ccc(OCC(C)C)cc2)[C@@H]1c1ccccc1OC. The van der Waals surface area contributed by atoms with Crippen LogP contribution in [0.3, 0.4) is 0 Å². The third-order valence-corrected chi connectivity index (χ3v) is 5.43. The zero-order chi connectivity index (χ0) is 24.0. The Morgan fingerprint density at radius 2 is 1.76 bits per heavy atom. The Labute approximate surface area is 194 Å². The van der Waals surface area contributed by atoms with Crippen molar-refractivity contribution in [1.82, 2.24) is 4.90 Å². The first-order valence-electron chi connectivity index (χ1n) is 11.0. The number of carbonyl (C=O) groups is 2. The number of hydrogen-bond donors (Lipinski definition) is 1. The van der Waals surface area contributed by atoms with Gasteiger partial charge in [0.25, 0.3) is 11.7 Å². The molecule has 1 heterocycles. The van der Waals surface area contributed by atoms with Crippen molar-refractivity contribution in [3.8, 4) is 11.5 Å². The monoisotopic (exact) mass is 453 g/mol. The summed E-state index contributed by atoms with van der Waals surface area (Å²) in [5.74, 6) is -0.0191. The average molecular weight is 454 g/mol. The fraction of sp³-hybridized carbons (Fsp3) is 0.385. The van der Waals surface area contributed by atoms with Crippen LogP contribution in [0.15, 0.2) is 54.1 Å². The normalized spacial score (nSPS) is 17.6. The number of para-hydroxylation sites is 1. The van der Waals surface area contributed by atoms with Crippen molar-refractivity contribution in [3.05, 3.63) is 65.2 Å². The zero-order valence-corrected chi connectivity index (χ0v) is 19.5. The van der Waals surface area contributed by atoms with E-state index in [2.05, 4.69) is 13.8 Å². The standard InChI is InChI=1S/C26H31NO6/c1-17(2)16-33-19-12-10-18(11-13-19)24(28)22-23(20-8-5-6-9-21(20)32-4)27(14-7-15-31-3)26(30)25(22)29/h5-6,8-13,17,23,28H,7,14-16H2,1-4H3/t23-/m0/s1. The molecule has 1 saturated heterocycles. The Bertz CT molecular complexity index is 1010. The van der Waals surface area contributed by atoms with Gasteiger partial charge in [-0.15, -0.1) is 0 Å². The fourth-order valence-corrected chi connectivity index (χ4v) is 3.83. The smallest absolute Gasteiger partial charge is 0.295 e. The number of aliphatic hydroxyl groups excluding tert-OH is 1. The van der Waals surface area contributed by atoms with Crippen LogP contribution in [0.25, 0.3) is 5.76 Å². The van der Waals surface area contributed by atoms with Crippen LogP contribution in [0.5, 0.6) is 11.5 Å². The molecule has 3 rings (SSSR count). The van der Waals surface area contributed by atoms with Crippen molar-refractivity contribution in [2.24, 2.45) is 5.92 Å². The molecule has 1 amide bonds. The Hall–Kier alpha value is -3.32. The van der Waals surface area contributed by atoms with Gasteiger partial charge in [-0.3, -0.25) is 9.59 Å². The molecule has 1 N–H and O–H groups in total. The number of hydrogen-bond acceptors (Lipinski definition) is 6. The molecule has 0 aromatic heterocycles. The van der Waals surface area contributed by atoms with E-state index in [1.54, 1.807) is 43.5 Å². The lowest BCUT2D eigenvalue weighted by atomic mass is 9.94. The molecule has 7 nitrogen and oxygen atoms in total. The third kappa shape index (κ3) is 5.37. The lowest BCUT2D eigenvalue weighted by Crippen LogP contribution is -2.31. The van der Waals surface area contributed by atoms with Crippen LogP contribution in [-0.2, 0) is 14.3 Å². The molecule has 1 aliphatic heterocycles. The number of ether oxygens (including phenoxy) is 3. The van der Waals surface area contributed by atoms with Crippen molar-refractivity contribution in [3.63, 3.8) is 0 Å². The van der Waals surface area contributed by atoms with Gasteiger partial charge in [0.15, 0.2) is 0 Å². The molecule has 0 saturated carbocycles. The Kier molecular flexibility index (Phi) is 8.11. The number of carbonyl (C=O) groups excluding carboxylic acids is 2. The fourth-order valence-electron chi connectivity index (χ4n) is 3.83. The summed E-state index contributed by atoms with van der Waals surface area (Å²) in [6.07, 6.45) is 0.553. The lowest BCUT2D eigenvalue weighted by Gasteiger charge is -2.26. The van der Waals surface area contributed by atoms with Gasteiger partial charge in [-0.25, -0.2) is 0 Å². The molecule has 0 radical (unpaired) electrons. The summed E-state index contributed by atoms with van der Waals surface area (Å²) in [7, 11) is 3.12. The Morgan fingerprint density at radius 3 is 2.39 bits per heavy atom. The highest BCUT2D eigenvalue weighted by atomic mass is 16.5. The number of benzene rings is 2. The predicted molar refractivity (Wildman–Crippen MR) is 125 cm³/mol. The van der Waals surface area contributed by atoms with Crippen LogP contribution in [-0.4, -0.2) is 55.7 Å². The maximum atomic E-state index is 13.1. The van der Waals surface area contributed by atoms with Gasteiger partial charge in [-0.05, 0) is 42.7 Å². The highest BCUT2D eigenvalue weighted by Gasteiger charge is 2.46. The number of ketones is 1. The van der Waals surface area contributed by atoms with E-state index in [1.165, 1.54) is 12.0 Å². The number of Topliss-reactive ketones (excluding diaryl/α,β-unsaturated/α-hetero) is 1. The van der Waals surface area contributed by atoms with Gasteiger partial charge in [-0.2, -0.15) is 0 Å². The van der Waals surface area contributed by atoms with Gasteiger partial charge in [0, 0.05) is 31.4 Å². The summed E-state index contributed by atoms with van der Waals surface area (Å²) < 4.78 is 16.3. The van der Waals surface area contributed by atoms with Crippen molar-refractivity contribution < 1.29 is 28.9 Å². The maximum absolute atomic E-state index is 13.1. The van der Waals surface area contributed by atoms with E-state index in [4.69, 9.17) is 14.2 Å². The van der Waals surface area contributed by atoms with Crippen LogP contribution in [0.4, 0.5) is 0 Å². The minimum Gasteiger partial charge on any atom is -0.507 e. The number of amides is 1. The Morgan fingerprint density at radius 1 is 1.06 bits per heavy atom. The largest absolute Gasteiger partial charge is 0.507 e. The van der Waals surface area contributed by atoms with Crippen LogP contribution in [0, 0.1) is 5.92 Å². The van der Waals surface area contributed by atoms with Gasteiger partial charge < -0.3 is 24.2 Å². The number of likely N-dealkylation sites (tertiary alicyclic amines) is 1. The van der Waals surface area contributed by atoms with Crippen molar-refractivity contribution in [1.29, 1.82) is 0 Å². The molecule has 7 heteroatoms. The van der Waals surface area contributed by atoms with Crippen molar-refractivity contribution in [2.45, 2.75) is 26.3 Å². The minimum absolute atomic E-state index is 0.0396. The highest BCUT2D eigenvalue weighted by molar-refractivity contribution is 6.46. The second-order valence-corrected chi connectivity index (χ2v) is 8.31. The molecule has 1 fully saturated rings. The summed E-state index contributed by atoms with van der Waals surface area (Å²) in [4.78, 5) is 27.5. The quantitative estimate of drug-likeness (QED) is 0.251. The second-order valence-electron chi connectivity index (χ2n) is 8.31. The van der Waals surface area contributed by atoms with Crippen LogP contribution in [0.1, 0.15) is 37.4 Å². The zero-order valence-electron chi connectivity index (χ0n) is 19.5. The number of methoxy groups -OCH3 is 2. The van der Waals surface area contributed by atoms with Crippen LogP contribution < -0.4 is 9.47 Å². The first-order chi connectivity index (χ1) is 15.9. The third-order valence-electron chi connectivity index (χ3n) is 5.43. The van der Waals surface area contributed by atoms with E-state index >= 15 is 0 Å². The number of aliphatic hydroxyl groups is 1. The number of rotatable bonds is 10. The molecule has 2 aromatic carbocycles. The van der Waals surface area contributed by atoms with E-state index in [9.17, 15) is 14.7 Å². The molecule has 0 unspecified atom stereocenters. The van der Waals surface area contributed by atoms with E-state index in [0.29, 0.717) is 54.7 Å².